The van der Waals surface area contributed by atoms with Crippen molar-refractivity contribution in [2.75, 3.05) is 12.4 Å². The lowest BCUT2D eigenvalue weighted by Gasteiger charge is -2.49. The van der Waals surface area contributed by atoms with Crippen molar-refractivity contribution < 1.29 is 40.0 Å². The highest BCUT2D eigenvalue weighted by Crippen LogP contribution is 2.40. The third-order valence-corrected chi connectivity index (χ3v) is 5.78. The van der Waals surface area contributed by atoms with Gasteiger partial charge in [0.15, 0.2) is 0 Å². The van der Waals surface area contributed by atoms with Gasteiger partial charge in [-0.15, -0.1) is 11.8 Å². The predicted molar refractivity (Wildman–Crippen MR) is 107 cm³/mol. The first-order chi connectivity index (χ1) is 13.3. The summed E-state index contributed by atoms with van der Waals surface area (Å²) < 4.78 is 4.88. The lowest BCUT2D eigenvalue weighted by Crippen LogP contribution is -2.71. The Balaban J connectivity index is 0.00000225. The van der Waals surface area contributed by atoms with Gasteiger partial charge in [-0.1, -0.05) is 30.3 Å². The van der Waals surface area contributed by atoms with E-state index in [1.54, 1.807) is 30.3 Å². The molecule has 0 aromatic heterocycles. The van der Waals surface area contributed by atoms with Crippen LogP contribution in [0.3, 0.4) is 0 Å². The molecule has 11 nitrogen and oxygen atoms in total. The number of nitrogens with zero attached hydrogens (tertiary/aromatic N) is 1. The standard InChI is InChI=1S/C18H19N3O6S.2H2O/c1-9(22)27-7-11-8-28-17-13(16(24)21(17)14(11)18(25)26)20-15(23)12(19)10-5-3-2-4-6-10;;/h2-6,12-13,17H,7-8,19H2,1H3,(H,20,23)(H,25,26);2*1H2. The molecule has 1 aromatic rings. The molecule has 3 rings (SSSR count). The number of esters is 1. The quantitative estimate of drug-likeness (QED) is 0.343. The van der Waals surface area contributed by atoms with E-state index in [2.05, 4.69) is 5.32 Å². The van der Waals surface area contributed by atoms with Crippen LogP contribution in [-0.2, 0) is 23.9 Å². The molecule has 164 valence electrons. The second-order valence-electron chi connectivity index (χ2n) is 6.32. The first kappa shape index (κ1) is 25.1. The maximum Gasteiger partial charge on any atom is 0.352 e. The summed E-state index contributed by atoms with van der Waals surface area (Å²) in [5.74, 6) is -2.62. The van der Waals surface area contributed by atoms with Crippen LogP contribution < -0.4 is 11.1 Å². The van der Waals surface area contributed by atoms with Crippen molar-refractivity contribution in [3.05, 3.63) is 47.2 Å². The number of carbonyl (C=O) groups is 4. The van der Waals surface area contributed by atoms with Gasteiger partial charge in [-0.05, 0) is 5.56 Å². The summed E-state index contributed by atoms with van der Waals surface area (Å²) in [4.78, 5) is 48.7. The maximum absolute atomic E-state index is 12.5. The SMILES string of the molecule is CC(=O)OCC1=C(C(=O)O)N2C(=O)C(NC(=O)C(N)c3ccccc3)C2SC1.O.O. The minimum absolute atomic E-state index is 0. The minimum atomic E-state index is -1.29. The number of amides is 2. The van der Waals surface area contributed by atoms with Crippen molar-refractivity contribution in [2.24, 2.45) is 5.73 Å². The number of fused-ring (bicyclic) bond motifs is 1. The van der Waals surface area contributed by atoms with Gasteiger partial charge in [-0.25, -0.2) is 4.79 Å². The number of rotatable bonds is 6. The average molecular weight is 441 g/mol. The number of hydrogen-bond acceptors (Lipinski definition) is 7. The maximum atomic E-state index is 12.5. The molecule has 0 radical (unpaired) electrons. The number of β-lactam (4-membered cyclic amide) rings is 1. The molecule has 2 amide bonds. The van der Waals surface area contributed by atoms with Gasteiger partial charge >= 0.3 is 11.9 Å². The Hall–Kier alpha value is -2.93. The molecule has 2 aliphatic rings. The number of benzene rings is 1. The van der Waals surface area contributed by atoms with Gasteiger partial charge in [0, 0.05) is 18.2 Å². The fourth-order valence-electron chi connectivity index (χ4n) is 3.04. The van der Waals surface area contributed by atoms with Crippen LogP contribution in [0.2, 0.25) is 0 Å². The first-order valence-electron chi connectivity index (χ1n) is 8.45. The number of carbonyl (C=O) groups excluding carboxylic acids is 3. The summed E-state index contributed by atoms with van der Waals surface area (Å²) in [7, 11) is 0. The number of hydrogen-bond donors (Lipinski definition) is 3. The topological polar surface area (TPSA) is 202 Å². The van der Waals surface area contributed by atoms with Gasteiger partial charge in [0.05, 0.1) is 0 Å². The van der Waals surface area contributed by atoms with Crippen LogP contribution in [0.4, 0.5) is 0 Å². The number of aliphatic carboxylic acids is 1. The Morgan fingerprint density at radius 1 is 1.30 bits per heavy atom. The Morgan fingerprint density at radius 2 is 1.93 bits per heavy atom. The van der Waals surface area contributed by atoms with E-state index in [0.717, 1.165) is 4.90 Å². The van der Waals surface area contributed by atoms with E-state index < -0.39 is 41.2 Å². The molecule has 1 fully saturated rings. The predicted octanol–water partition coefficient (Wildman–Crippen LogP) is -1.66. The van der Waals surface area contributed by atoms with Crippen molar-refractivity contribution in [2.45, 2.75) is 24.4 Å². The lowest BCUT2D eigenvalue weighted by molar-refractivity contribution is -0.151. The molecule has 2 heterocycles. The molecule has 30 heavy (non-hydrogen) atoms. The molecule has 0 aliphatic carbocycles. The Morgan fingerprint density at radius 3 is 2.50 bits per heavy atom. The van der Waals surface area contributed by atoms with Crippen LogP contribution in [0, 0.1) is 0 Å². The summed E-state index contributed by atoms with van der Waals surface area (Å²) in [6, 6.07) is 6.92. The molecule has 12 heteroatoms. The van der Waals surface area contributed by atoms with Gasteiger partial charge in [-0.2, -0.15) is 0 Å². The number of ether oxygens (including phenoxy) is 1. The highest BCUT2D eigenvalue weighted by atomic mass is 32.2. The monoisotopic (exact) mass is 441 g/mol. The third-order valence-electron chi connectivity index (χ3n) is 4.44. The van der Waals surface area contributed by atoms with Crippen molar-refractivity contribution in [3.63, 3.8) is 0 Å². The van der Waals surface area contributed by atoms with Gasteiger partial charge in [-0.3, -0.25) is 19.3 Å². The Bertz CT molecular complexity index is 860. The smallest absolute Gasteiger partial charge is 0.352 e. The van der Waals surface area contributed by atoms with Gasteiger partial charge < -0.3 is 31.8 Å². The van der Waals surface area contributed by atoms with Crippen LogP contribution >= 0.6 is 11.8 Å². The van der Waals surface area contributed by atoms with E-state index in [4.69, 9.17) is 10.5 Å². The number of carboxylic acid groups (broad SMARTS) is 1. The van der Waals surface area contributed by atoms with Crippen molar-refractivity contribution in [1.82, 2.24) is 10.2 Å². The molecule has 0 spiro atoms. The fourth-order valence-corrected chi connectivity index (χ4v) is 4.37. The fraction of sp³-hybridized carbons (Fsp3) is 0.333. The summed E-state index contributed by atoms with van der Waals surface area (Å²) in [6.45, 7) is 1.02. The summed E-state index contributed by atoms with van der Waals surface area (Å²) in [5, 5.41) is 11.6. The van der Waals surface area contributed by atoms with Gasteiger partial charge in [0.25, 0.3) is 5.91 Å². The number of nitrogens with one attached hydrogen (secondary N) is 1. The lowest BCUT2D eigenvalue weighted by atomic mass is 10.0. The summed E-state index contributed by atoms with van der Waals surface area (Å²) in [5.41, 5.74) is 6.69. The Kier molecular flexibility index (Phi) is 8.54. The van der Waals surface area contributed by atoms with E-state index >= 15 is 0 Å². The van der Waals surface area contributed by atoms with Gasteiger partial charge in [0.1, 0.15) is 29.8 Å². The van der Waals surface area contributed by atoms with Crippen LogP contribution in [0.5, 0.6) is 0 Å². The van der Waals surface area contributed by atoms with Crippen LogP contribution in [0.1, 0.15) is 18.5 Å². The molecular formula is C18H23N3O8S. The molecule has 1 saturated heterocycles. The number of thioether (sulfide) groups is 1. The van der Waals surface area contributed by atoms with E-state index in [0.29, 0.717) is 11.1 Å². The summed E-state index contributed by atoms with van der Waals surface area (Å²) in [6.07, 6.45) is 0. The molecule has 3 unspecified atom stereocenters. The molecule has 8 N–H and O–H groups in total. The third kappa shape index (κ3) is 4.79. The molecule has 2 aliphatic heterocycles. The molecular weight excluding hydrogens is 418 g/mol. The van der Waals surface area contributed by atoms with Crippen LogP contribution in [0.25, 0.3) is 0 Å². The second kappa shape index (κ2) is 10.2. The Labute approximate surface area is 175 Å². The zero-order valence-electron chi connectivity index (χ0n) is 16.0. The van der Waals surface area contributed by atoms with E-state index in [1.807, 2.05) is 0 Å². The van der Waals surface area contributed by atoms with Crippen molar-refractivity contribution in [3.8, 4) is 0 Å². The van der Waals surface area contributed by atoms with E-state index in [1.165, 1.54) is 18.7 Å². The van der Waals surface area contributed by atoms with Crippen LogP contribution in [-0.4, -0.2) is 68.5 Å². The second-order valence-corrected chi connectivity index (χ2v) is 7.43. The molecule has 0 bridgehead atoms. The molecule has 3 atom stereocenters. The zero-order chi connectivity index (χ0) is 20.4. The largest absolute Gasteiger partial charge is 0.477 e. The van der Waals surface area contributed by atoms with E-state index in [-0.39, 0.29) is 29.0 Å². The first-order valence-corrected chi connectivity index (χ1v) is 9.50. The van der Waals surface area contributed by atoms with E-state index in [9.17, 15) is 24.3 Å². The number of nitrogens with two attached hydrogens (primary N) is 1. The van der Waals surface area contributed by atoms with Crippen LogP contribution in [0.15, 0.2) is 41.6 Å². The van der Waals surface area contributed by atoms with Crippen molar-refractivity contribution in [1.29, 1.82) is 0 Å². The highest BCUT2D eigenvalue weighted by molar-refractivity contribution is 8.00. The van der Waals surface area contributed by atoms with Crippen molar-refractivity contribution >= 4 is 35.5 Å². The number of carboxylic acids is 1. The summed E-state index contributed by atoms with van der Waals surface area (Å²) >= 11 is 1.29. The van der Waals surface area contributed by atoms with Gasteiger partial charge in [0.2, 0.25) is 5.91 Å². The molecule has 0 saturated carbocycles. The highest BCUT2D eigenvalue weighted by Gasteiger charge is 2.54. The average Bonchev–Trinajstić information content (AvgIpc) is 2.69. The molecule has 1 aromatic carbocycles. The normalized spacial score (nSPS) is 20.6. The zero-order valence-corrected chi connectivity index (χ0v) is 16.8. The minimum Gasteiger partial charge on any atom is -0.477 e.